The Labute approximate surface area is 160 Å². The van der Waals surface area contributed by atoms with Crippen LogP contribution in [0, 0.1) is 5.82 Å². The highest BCUT2D eigenvalue weighted by molar-refractivity contribution is 8.02. The van der Waals surface area contributed by atoms with Gasteiger partial charge in [-0.1, -0.05) is 23.1 Å². The summed E-state index contributed by atoms with van der Waals surface area (Å²) in [5.41, 5.74) is 1.03. The van der Waals surface area contributed by atoms with Crippen LogP contribution in [0.1, 0.15) is 13.8 Å². The van der Waals surface area contributed by atoms with E-state index < -0.39 is 0 Å². The number of halogens is 1. The zero-order chi connectivity index (χ0) is 18.5. The summed E-state index contributed by atoms with van der Waals surface area (Å²) < 4.78 is 18.8. The van der Waals surface area contributed by atoms with E-state index in [4.69, 9.17) is 4.74 Å². The summed E-state index contributed by atoms with van der Waals surface area (Å²) in [6.45, 7) is 7.31. The maximum atomic E-state index is 13.1. The van der Waals surface area contributed by atoms with E-state index in [0.29, 0.717) is 6.61 Å². The van der Waals surface area contributed by atoms with E-state index in [1.807, 2.05) is 19.1 Å². The van der Waals surface area contributed by atoms with Crippen molar-refractivity contribution in [1.29, 1.82) is 0 Å². The lowest BCUT2D eigenvalue weighted by Crippen LogP contribution is -2.46. The number of thioether (sulfide) groups is 1. The minimum atomic E-state index is -0.300. The minimum absolute atomic E-state index is 0.219. The first-order chi connectivity index (χ1) is 12.6. The van der Waals surface area contributed by atoms with Crippen molar-refractivity contribution in [3.05, 3.63) is 30.1 Å². The molecule has 1 saturated heterocycles. The molecule has 9 heteroatoms. The lowest BCUT2D eigenvalue weighted by molar-refractivity contribution is -0.142. The molecule has 0 N–H and O–H groups in total. The summed E-state index contributed by atoms with van der Waals surface area (Å²) in [7, 11) is 0. The maximum Gasteiger partial charge on any atom is 0.319 e. The molecule has 0 bridgehead atoms. The zero-order valence-corrected chi connectivity index (χ0v) is 16.4. The number of anilines is 2. The molecule has 0 radical (unpaired) electrons. The number of piperazine rings is 1. The van der Waals surface area contributed by atoms with Crippen LogP contribution < -0.4 is 9.80 Å². The van der Waals surface area contributed by atoms with Gasteiger partial charge in [-0.15, -0.1) is 10.2 Å². The first-order valence-electron chi connectivity index (χ1n) is 8.49. The Kier molecular flexibility index (Phi) is 6.31. The molecular formula is C17H21FN4O2S2. The Morgan fingerprint density at radius 2 is 1.88 bits per heavy atom. The Morgan fingerprint density at radius 1 is 1.23 bits per heavy atom. The molecule has 1 aromatic carbocycles. The number of aromatic nitrogens is 2. The molecule has 140 valence electrons. The van der Waals surface area contributed by atoms with Crippen molar-refractivity contribution >= 4 is 39.9 Å². The molecule has 26 heavy (non-hydrogen) atoms. The lowest BCUT2D eigenvalue weighted by Gasteiger charge is -2.35. The minimum Gasteiger partial charge on any atom is -0.465 e. The number of benzene rings is 1. The normalized spacial score (nSPS) is 15.8. The summed E-state index contributed by atoms with van der Waals surface area (Å²) in [5.74, 6) is -0.453. The van der Waals surface area contributed by atoms with Gasteiger partial charge in [0.25, 0.3) is 0 Å². The van der Waals surface area contributed by atoms with Crippen LogP contribution in [0.2, 0.25) is 0 Å². The van der Waals surface area contributed by atoms with Gasteiger partial charge in [-0.3, -0.25) is 4.79 Å². The second-order valence-corrected chi connectivity index (χ2v) is 8.36. The molecule has 6 nitrogen and oxygen atoms in total. The molecule has 1 aliphatic heterocycles. The fourth-order valence-corrected chi connectivity index (χ4v) is 4.68. The van der Waals surface area contributed by atoms with Crippen LogP contribution in [0.3, 0.4) is 0 Å². The molecule has 2 heterocycles. The number of nitrogens with zero attached hydrogens (tertiary/aromatic N) is 4. The average Bonchev–Trinajstić information content (AvgIpc) is 3.11. The fraction of sp³-hybridized carbons (Fsp3) is 0.471. The van der Waals surface area contributed by atoms with E-state index >= 15 is 0 Å². The Balaban J connectivity index is 1.54. The van der Waals surface area contributed by atoms with Gasteiger partial charge in [0.1, 0.15) is 11.1 Å². The smallest absolute Gasteiger partial charge is 0.319 e. The number of rotatable bonds is 6. The van der Waals surface area contributed by atoms with E-state index in [9.17, 15) is 9.18 Å². The van der Waals surface area contributed by atoms with Crippen molar-refractivity contribution in [2.45, 2.75) is 23.4 Å². The van der Waals surface area contributed by atoms with Gasteiger partial charge < -0.3 is 14.5 Å². The summed E-state index contributed by atoms with van der Waals surface area (Å²) >= 11 is 2.87. The summed E-state index contributed by atoms with van der Waals surface area (Å²) in [5, 5.41) is 9.01. The van der Waals surface area contributed by atoms with Gasteiger partial charge in [0.05, 0.1) is 6.61 Å². The van der Waals surface area contributed by atoms with Crippen molar-refractivity contribution < 1.29 is 13.9 Å². The molecule has 1 aliphatic rings. The van der Waals surface area contributed by atoms with Gasteiger partial charge in [-0.2, -0.15) is 0 Å². The second kappa shape index (κ2) is 8.68. The van der Waals surface area contributed by atoms with Crippen LogP contribution in [-0.2, 0) is 9.53 Å². The Hall–Kier alpha value is -1.87. The van der Waals surface area contributed by atoms with E-state index in [2.05, 4.69) is 20.0 Å². The first-order valence-corrected chi connectivity index (χ1v) is 10.2. The van der Waals surface area contributed by atoms with Crippen molar-refractivity contribution in [1.82, 2.24) is 10.2 Å². The van der Waals surface area contributed by atoms with Crippen molar-refractivity contribution in [3.63, 3.8) is 0 Å². The van der Waals surface area contributed by atoms with Crippen LogP contribution in [0.5, 0.6) is 0 Å². The van der Waals surface area contributed by atoms with Gasteiger partial charge in [-0.25, -0.2) is 4.39 Å². The third-order valence-corrected chi connectivity index (χ3v) is 6.18. The highest BCUT2D eigenvalue weighted by Crippen LogP contribution is 2.32. The summed E-state index contributed by atoms with van der Waals surface area (Å²) in [6.07, 6.45) is 0. The zero-order valence-electron chi connectivity index (χ0n) is 14.7. The number of carbonyl (C=O) groups is 1. The summed E-state index contributed by atoms with van der Waals surface area (Å²) in [6, 6.07) is 6.59. The fourth-order valence-electron chi connectivity index (χ4n) is 2.64. The van der Waals surface area contributed by atoms with Crippen molar-refractivity contribution in [2.24, 2.45) is 0 Å². The lowest BCUT2D eigenvalue weighted by atomic mass is 10.2. The predicted octanol–water partition coefficient (Wildman–Crippen LogP) is 3.05. The molecule has 1 aromatic heterocycles. The van der Waals surface area contributed by atoms with E-state index in [1.54, 1.807) is 6.92 Å². The third-order valence-electron chi connectivity index (χ3n) is 4.03. The van der Waals surface area contributed by atoms with Gasteiger partial charge in [0.2, 0.25) is 5.13 Å². The first kappa shape index (κ1) is 18.9. The molecule has 2 aromatic rings. The number of esters is 1. The number of hydrogen-bond donors (Lipinski definition) is 0. The van der Waals surface area contributed by atoms with Gasteiger partial charge in [-0.05, 0) is 38.1 Å². The van der Waals surface area contributed by atoms with Gasteiger partial charge in [0.15, 0.2) is 4.34 Å². The number of ether oxygens (including phenoxy) is 1. The molecule has 0 amide bonds. The van der Waals surface area contributed by atoms with Crippen LogP contribution >= 0.6 is 23.1 Å². The molecule has 0 spiro atoms. The molecule has 0 saturated carbocycles. The third kappa shape index (κ3) is 4.64. The van der Waals surface area contributed by atoms with Crippen molar-refractivity contribution in [3.8, 4) is 0 Å². The number of hydrogen-bond acceptors (Lipinski definition) is 8. The van der Waals surface area contributed by atoms with E-state index in [-0.39, 0.29) is 17.0 Å². The van der Waals surface area contributed by atoms with Crippen molar-refractivity contribution in [2.75, 3.05) is 42.6 Å². The summed E-state index contributed by atoms with van der Waals surface area (Å²) in [4.78, 5) is 16.1. The SMILES string of the molecule is CCOC(=O)C(C)Sc1nnc(N2CCN(c3ccc(F)cc3)CC2)s1. The Morgan fingerprint density at radius 3 is 2.54 bits per heavy atom. The molecule has 3 rings (SSSR count). The largest absolute Gasteiger partial charge is 0.465 e. The van der Waals surface area contributed by atoms with Crippen LogP contribution in [0.4, 0.5) is 15.2 Å². The van der Waals surface area contributed by atoms with E-state index in [1.165, 1.54) is 35.2 Å². The predicted molar refractivity (Wildman–Crippen MR) is 103 cm³/mol. The quantitative estimate of drug-likeness (QED) is 0.549. The Bertz CT molecular complexity index is 733. The maximum absolute atomic E-state index is 13.1. The van der Waals surface area contributed by atoms with Gasteiger partial charge in [0, 0.05) is 31.9 Å². The second-order valence-electron chi connectivity index (χ2n) is 5.81. The highest BCUT2D eigenvalue weighted by atomic mass is 32.2. The molecule has 1 fully saturated rings. The molecule has 1 unspecified atom stereocenters. The molecule has 1 atom stereocenters. The highest BCUT2D eigenvalue weighted by Gasteiger charge is 2.22. The van der Waals surface area contributed by atoms with Gasteiger partial charge >= 0.3 is 5.97 Å². The van der Waals surface area contributed by atoms with Crippen LogP contribution in [0.15, 0.2) is 28.6 Å². The molecular weight excluding hydrogens is 375 g/mol. The standard InChI is InChI=1S/C17H21FN4O2S2/c1-3-24-15(23)12(2)25-17-20-19-16(26-17)22-10-8-21(9-11-22)14-6-4-13(18)5-7-14/h4-7,12H,3,8-11H2,1-2H3. The average molecular weight is 397 g/mol. The molecule has 0 aliphatic carbocycles. The topological polar surface area (TPSA) is 58.6 Å². The monoisotopic (exact) mass is 396 g/mol. The van der Waals surface area contributed by atoms with E-state index in [0.717, 1.165) is 41.3 Å². The number of carbonyl (C=O) groups excluding carboxylic acids is 1. The van der Waals surface area contributed by atoms with Crippen LogP contribution in [-0.4, -0.2) is 54.2 Å². The van der Waals surface area contributed by atoms with Crippen LogP contribution in [0.25, 0.3) is 0 Å².